The lowest BCUT2D eigenvalue weighted by Crippen LogP contribution is -2.45. The Morgan fingerprint density at radius 2 is 2.03 bits per heavy atom. The van der Waals surface area contributed by atoms with Gasteiger partial charge in [-0.1, -0.05) is 15.9 Å². The molecular weight excluding hydrogens is 471 g/mol. The molecule has 1 aromatic carbocycles. The van der Waals surface area contributed by atoms with Crippen LogP contribution in [0, 0.1) is 18.7 Å². The van der Waals surface area contributed by atoms with Crippen LogP contribution in [0.4, 0.5) is 10.1 Å². The Hall–Kier alpha value is -2.31. The van der Waals surface area contributed by atoms with Gasteiger partial charge in [-0.3, -0.25) is 14.6 Å². The summed E-state index contributed by atoms with van der Waals surface area (Å²) in [5, 5.41) is 2.48. The third-order valence-corrected chi connectivity index (χ3v) is 7.13. The van der Waals surface area contributed by atoms with Crippen LogP contribution in [0.1, 0.15) is 18.5 Å². The highest BCUT2D eigenvalue weighted by Gasteiger charge is 2.36. The van der Waals surface area contributed by atoms with Crippen molar-refractivity contribution >= 4 is 37.5 Å². The van der Waals surface area contributed by atoms with E-state index in [1.54, 1.807) is 6.07 Å². The molecule has 3 N–H and O–H groups in total. The van der Waals surface area contributed by atoms with Gasteiger partial charge in [0.25, 0.3) is 5.56 Å². The maximum Gasteiger partial charge on any atom is 0.325 e. The van der Waals surface area contributed by atoms with Gasteiger partial charge in [-0.25, -0.2) is 17.6 Å². The molecule has 1 atom stereocenters. The second-order valence-corrected chi connectivity index (χ2v) is 9.47. The van der Waals surface area contributed by atoms with Crippen molar-refractivity contribution in [2.75, 3.05) is 18.4 Å². The second kappa shape index (κ2) is 8.20. The van der Waals surface area contributed by atoms with Crippen molar-refractivity contribution in [3.05, 3.63) is 55.0 Å². The van der Waals surface area contributed by atoms with Crippen LogP contribution >= 0.6 is 15.9 Å². The first-order valence-corrected chi connectivity index (χ1v) is 10.9. The number of benzene rings is 1. The summed E-state index contributed by atoms with van der Waals surface area (Å²) in [4.78, 5) is 39.6. The number of nitrogens with one attached hydrogen (secondary N) is 3. The number of hydrogen-bond acceptors (Lipinski definition) is 5. The number of aromatic amines is 2. The molecule has 156 valence electrons. The van der Waals surface area contributed by atoms with E-state index in [9.17, 15) is 27.2 Å². The van der Waals surface area contributed by atoms with Crippen molar-refractivity contribution in [3.8, 4) is 0 Å². The molecule has 1 unspecified atom stereocenters. The van der Waals surface area contributed by atoms with Crippen LogP contribution in [0.25, 0.3) is 0 Å². The van der Waals surface area contributed by atoms with Crippen LogP contribution in [0.3, 0.4) is 0 Å². The first-order valence-electron chi connectivity index (χ1n) is 8.69. The number of hydrogen-bond donors (Lipinski definition) is 3. The van der Waals surface area contributed by atoms with Gasteiger partial charge in [0.15, 0.2) is 4.90 Å². The predicted molar refractivity (Wildman–Crippen MR) is 107 cm³/mol. The number of amides is 1. The maximum atomic E-state index is 14.0. The minimum Gasteiger partial charge on any atom is -0.323 e. The Labute approximate surface area is 173 Å². The van der Waals surface area contributed by atoms with Crippen molar-refractivity contribution in [2.24, 2.45) is 5.92 Å². The summed E-state index contributed by atoms with van der Waals surface area (Å²) in [7, 11) is -4.23. The lowest BCUT2D eigenvalue weighted by Gasteiger charge is -2.31. The van der Waals surface area contributed by atoms with Gasteiger partial charge in [0, 0.05) is 23.3 Å². The van der Waals surface area contributed by atoms with Crippen LogP contribution in [-0.2, 0) is 14.8 Å². The summed E-state index contributed by atoms with van der Waals surface area (Å²) in [5.41, 5.74) is -1.91. The van der Waals surface area contributed by atoms with Gasteiger partial charge >= 0.3 is 5.69 Å². The number of anilines is 1. The molecule has 0 bridgehead atoms. The SMILES string of the molecule is Cc1[nH]c(=O)[nH]c(=O)c1S(=O)(=O)N1CCCC(C(=O)Nc2ccc(Br)cc2F)C1. The lowest BCUT2D eigenvalue weighted by atomic mass is 9.98. The summed E-state index contributed by atoms with van der Waals surface area (Å²) in [6.07, 6.45) is 0.803. The Kier molecular flexibility index (Phi) is 6.05. The fraction of sp³-hybridized carbons (Fsp3) is 0.353. The van der Waals surface area contributed by atoms with Gasteiger partial charge in [0.2, 0.25) is 15.9 Å². The summed E-state index contributed by atoms with van der Waals surface area (Å²) >= 11 is 3.13. The highest BCUT2D eigenvalue weighted by molar-refractivity contribution is 9.10. The molecule has 0 aliphatic carbocycles. The molecule has 9 nitrogen and oxygen atoms in total. The van der Waals surface area contributed by atoms with Gasteiger partial charge in [0.1, 0.15) is 5.82 Å². The molecule has 0 saturated carbocycles. The number of carbonyl (C=O) groups is 1. The van der Waals surface area contributed by atoms with Gasteiger partial charge in [-0.2, -0.15) is 4.31 Å². The van der Waals surface area contributed by atoms with Crippen molar-refractivity contribution in [3.63, 3.8) is 0 Å². The zero-order chi connectivity index (χ0) is 21.3. The number of rotatable bonds is 4. The van der Waals surface area contributed by atoms with Crippen LogP contribution in [0.5, 0.6) is 0 Å². The van der Waals surface area contributed by atoms with E-state index in [-0.39, 0.29) is 24.5 Å². The number of aryl methyl sites for hydroxylation is 1. The number of aromatic nitrogens is 2. The minimum absolute atomic E-state index is 0.00824. The largest absolute Gasteiger partial charge is 0.325 e. The number of nitrogens with zero attached hydrogens (tertiary/aromatic N) is 1. The van der Waals surface area contributed by atoms with Crippen molar-refractivity contribution in [2.45, 2.75) is 24.7 Å². The third kappa shape index (κ3) is 4.49. The third-order valence-electron chi connectivity index (χ3n) is 4.62. The normalized spacial score (nSPS) is 17.8. The molecule has 2 aromatic rings. The van der Waals surface area contributed by atoms with Crippen molar-refractivity contribution in [1.29, 1.82) is 0 Å². The van der Waals surface area contributed by atoms with Gasteiger partial charge < -0.3 is 10.3 Å². The van der Waals surface area contributed by atoms with Crippen LogP contribution in [0.2, 0.25) is 0 Å². The van der Waals surface area contributed by atoms with E-state index in [0.717, 1.165) is 4.31 Å². The number of carbonyl (C=O) groups excluding carboxylic acids is 1. The molecule has 1 fully saturated rings. The highest BCUT2D eigenvalue weighted by Crippen LogP contribution is 2.25. The first kappa shape index (κ1) is 21.4. The van der Waals surface area contributed by atoms with Crippen LogP contribution < -0.4 is 16.6 Å². The standard InChI is InChI=1S/C17H18BrFN4O5S/c1-9-14(16(25)22-17(26)20-9)29(27,28)23-6-2-3-10(8-23)15(24)21-13-5-4-11(18)7-12(13)19/h4-5,7,10H,2-3,6,8H2,1H3,(H,21,24)(H2,20,22,25,26). The van der Waals surface area contributed by atoms with Crippen molar-refractivity contribution < 1.29 is 17.6 Å². The second-order valence-electron chi connectivity index (χ2n) is 6.68. The maximum absolute atomic E-state index is 14.0. The average molecular weight is 489 g/mol. The van der Waals surface area contributed by atoms with E-state index in [4.69, 9.17) is 0 Å². The lowest BCUT2D eigenvalue weighted by molar-refractivity contribution is -0.120. The summed E-state index contributed by atoms with van der Waals surface area (Å²) in [6.45, 7) is 1.27. The molecule has 29 heavy (non-hydrogen) atoms. The Morgan fingerprint density at radius 1 is 1.31 bits per heavy atom. The average Bonchev–Trinajstić information content (AvgIpc) is 2.63. The zero-order valence-electron chi connectivity index (χ0n) is 15.3. The smallest absolute Gasteiger partial charge is 0.323 e. The molecule has 12 heteroatoms. The quantitative estimate of drug-likeness (QED) is 0.596. The first-order chi connectivity index (χ1) is 13.6. The highest BCUT2D eigenvalue weighted by atomic mass is 79.9. The summed E-state index contributed by atoms with van der Waals surface area (Å²) < 4.78 is 41.4. The molecule has 1 aliphatic rings. The molecule has 1 aromatic heterocycles. The Morgan fingerprint density at radius 3 is 2.69 bits per heavy atom. The fourth-order valence-electron chi connectivity index (χ4n) is 3.23. The zero-order valence-corrected chi connectivity index (χ0v) is 17.7. The van der Waals surface area contributed by atoms with E-state index in [2.05, 4.69) is 26.2 Å². The predicted octanol–water partition coefficient (Wildman–Crippen LogP) is 1.31. The molecule has 0 spiro atoms. The van der Waals surface area contributed by atoms with E-state index in [1.807, 2.05) is 4.98 Å². The molecular formula is C17H18BrFN4O5S. The molecule has 3 rings (SSSR count). The van der Waals surface area contributed by atoms with Crippen molar-refractivity contribution in [1.82, 2.24) is 14.3 Å². The summed E-state index contributed by atoms with van der Waals surface area (Å²) in [5.74, 6) is -1.86. The Bertz CT molecular complexity index is 1180. The van der Waals surface area contributed by atoms with Crippen LogP contribution in [0.15, 0.2) is 37.2 Å². The number of H-pyrrole nitrogens is 2. The number of sulfonamides is 1. The number of halogens is 2. The van der Waals surface area contributed by atoms with Gasteiger partial charge in [-0.05, 0) is 38.0 Å². The summed E-state index contributed by atoms with van der Waals surface area (Å²) in [6, 6.07) is 4.18. The molecule has 2 heterocycles. The van der Waals surface area contributed by atoms with E-state index >= 15 is 0 Å². The van der Waals surface area contributed by atoms with E-state index < -0.39 is 43.8 Å². The molecule has 1 saturated heterocycles. The van der Waals surface area contributed by atoms with Gasteiger partial charge in [0.05, 0.1) is 11.6 Å². The Balaban J connectivity index is 1.82. The topological polar surface area (TPSA) is 132 Å². The number of piperidine rings is 1. The van der Waals surface area contributed by atoms with E-state index in [0.29, 0.717) is 17.3 Å². The molecule has 1 aliphatic heterocycles. The van der Waals surface area contributed by atoms with Crippen LogP contribution in [-0.4, -0.2) is 41.7 Å². The molecule has 1 amide bonds. The van der Waals surface area contributed by atoms with E-state index in [1.165, 1.54) is 19.1 Å². The minimum atomic E-state index is -4.23. The van der Waals surface area contributed by atoms with Gasteiger partial charge in [-0.15, -0.1) is 0 Å². The fourth-order valence-corrected chi connectivity index (χ4v) is 5.29. The monoisotopic (exact) mass is 488 g/mol. The molecule has 0 radical (unpaired) electrons.